The molecular weight excluding hydrogens is 236 g/mol. The number of hydrogen-bond acceptors (Lipinski definition) is 2. The first-order valence-electron chi connectivity index (χ1n) is 6.82. The van der Waals surface area contributed by atoms with Crippen LogP contribution in [0.4, 0.5) is 0 Å². The summed E-state index contributed by atoms with van der Waals surface area (Å²) >= 11 is 0. The van der Waals surface area contributed by atoms with E-state index in [1.807, 2.05) is 43.0 Å². The first kappa shape index (κ1) is 13.6. The van der Waals surface area contributed by atoms with Gasteiger partial charge >= 0.3 is 0 Å². The monoisotopic (exact) mass is 256 g/mol. The summed E-state index contributed by atoms with van der Waals surface area (Å²) in [7, 11) is 0. The van der Waals surface area contributed by atoms with Crippen LogP contribution in [0.3, 0.4) is 0 Å². The van der Waals surface area contributed by atoms with Crippen molar-refractivity contribution in [3.63, 3.8) is 0 Å². The molecule has 0 aromatic heterocycles. The summed E-state index contributed by atoms with van der Waals surface area (Å²) in [5.41, 5.74) is 1.61. The van der Waals surface area contributed by atoms with Crippen LogP contribution < -0.4 is 0 Å². The van der Waals surface area contributed by atoms with Gasteiger partial charge < -0.3 is 4.90 Å². The summed E-state index contributed by atoms with van der Waals surface area (Å²) in [5, 5.41) is 9.05. The van der Waals surface area contributed by atoms with Crippen molar-refractivity contribution in [3.8, 4) is 6.07 Å². The van der Waals surface area contributed by atoms with Gasteiger partial charge in [-0.2, -0.15) is 5.26 Å². The van der Waals surface area contributed by atoms with Crippen molar-refractivity contribution in [2.75, 3.05) is 13.1 Å². The Hall–Kier alpha value is -1.82. The Labute approximate surface area is 114 Å². The normalized spacial score (nSPS) is 15.6. The zero-order chi connectivity index (χ0) is 13.9. The number of nitriles is 1. The number of carbonyl (C=O) groups excluding carboxylic acids is 1. The molecule has 0 saturated carbocycles. The molecule has 0 saturated heterocycles. The van der Waals surface area contributed by atoms with E-state index in [2.05, 4.69) is 6.07 Å². The van der Waals surface area contributed by atoms with Gasteiger partial charge in [0, 0.05) is 18.7 Å². The van der Waals surface area contributed by atoms with Crippen LogP contribution in [-0.2, 0) is 6.42 Å². The highest BCUT2D eigenvalue weighted by atomic mass is 16.2. The Kier molecular flexibility index (Phi) is 3.90. The molecule has 3 nitrogen and oxygen atoms in total. The van der Waals surface area contributed by atoms with Crippen molar-refractivity contribution in [1.82, 2.24) is 4.90 Å². The Bertz CT molecular complexity index is 514. The Morgan fingerprint density at radius 2 is 2.11 bits per heavy atom. The van der Waals surface area contributed by atoms with Crippen LogP contribution in [0.5, 0.6) is 0 Å². The fourth-order valence-corrected chi connectivity index (χ4v) is 2.36. The summed E-state index contributed by atoms with van der Waals surface area (Å²) in [4.78, 5) is 14.4. The third kappa shape index (κ3) is 3.14. The standard InChI is InChI=1S/C16H20N2O/c1-16(2,12-17)9-11-18-10-5-7-13-6-3-4-8-14(13)15(18)19/h3-4,6,8H,5,7,9-11H2,1-2H3. The maximum absolute atomic E-state index is 12.5. The Morgan fingerprint density at radius 1 is 1.37 bits per heavy atom. The highest BCUT2D eigenvalue weighted by Gasteiger charge is 2.24. The second-order valence-electron chi connectivity index (χ2n) is 5.80. The van der Waals surface area contributed by atoms with E-state index < -0.39 is 0 Å². The van der Waals surface area contributed by atoms with E-state index in [1.54, 1.807) is 0 Å². The average molecular weight is 256 g/mol. The maximum atomic E-state index is 12.5. The van der Waals surface area contributed by atoms with Gasteiger partial charge in [0.2, 0.25) is 0 Å². The molecule has 3 heteroatoms. The summed E-state index contributed by atoms with van der Waals surface area (Å²) in [6, 6.07) is 10.1. The lowest BCUT2D eigenvalue weighted by Crippen LogP contribution is -2.33. The van der Waals surface area contributed by atoms with Gasteiger partial charge in [0.15, 0.2) is 0 Å². The van der Waals surface area contributed by atoms with Gasteiger partial charge in [-0.25, -0.2) is 0 Å². The van der Waals surface area contributed by atoms with E-state index in [-0.39, 0.29) is 11.3 Å². The summed E-state index contributed by atoms with van der Waals surface area (Å²) in [6.07, 6.45) is 2.67. The molecule has 1 amide bonds. The van der Waals surface area contributed by atoms with Crippen molar-refractivity contribution in [3.05, 3.63) is 35.4 Å². The van der Waals surface area contributed by atoms with Crippen molar-refractivity contribution in [2.45, 2.75) is 33.1 Å². The molecule has 0 spiro atoms. The number of hydrogen-bond donors (Lipinski definition) is 0. The first-order chi connectivity index (χ1) is 9.03. The minimum Gasteiger partial charge on any atom is -0.339 e. The van der Waals surface area contributed by atoms with Crippen molar-refractivity contribution >= 4 is 5.91 Å². The third-order valence-corrected chi connectivity index (χ3v) is 3.72. The second kappa shape index (κ2) is 5.44. The van der Waals surface area contributed by atoms with Crippen LogP contribution in [0.1, 0.15) is 42.6 Å². The molecule has 0 N–H and O–H groups in total. The lowest BCUT2D eigenvalue weighted by atomic mass is 9.91. The minimum atomic E-state index is -0.369. The molecule has 1 heterocycles. The highest BCUT2D eigenvalue weighted by molar-refractivity contribution is 5.96. The summed E-state index contributed by atoms with van der Waals surface area (Å²) < 4.78 is 0. The van der Waals surface area contributed by atoms with Gasteiger partial charge in [-0.1, -0.05) is 18.2 Å². The Balaban J connectivity index is 2.12. The summed E-state index contributed by atoms with van der Waals surface area (Å²) in [6.45, 7) is 5.29. The maximum Gasteiger partial charge on any atom is 0.254 e. The number of carbonyl (C=O) groups is 1. The Morgan fingerprint density at radius 3 is 2.84 bits per heavy atom. The van der Waals surface area contributed by atoms with Crippen LogP contribution in [0.2, 0.25) is 0 Å². The van der Waals surface area contributed by atoms with E-state index in [0.29, 0.717) is 6.54 Å². The molecule has 1 aliphatic heterocycles. The summed E-state index contributed by atoms with van der Waals surface area (Å²) in [5.74, 6) is 0.113. The number of nitrogens with zero attached hydrogens (tertiary/aromatic N) is 2. The molecule has 1 aromatic rings. The van der Waals surface area contributed by atoms with Crippen LogP contribution in [0.25, 0.3) is 0 Å². The van der Waals surface area contributed by atoms with E-state index in [1.165, 1.54) is 0 Å². The minimum absolute atomic E-state index is 0.113. The van der Waals surface area contributed by atoms with Gasteiger partial charge in [-0.05, 0) is 44.7 Å². The molecule has 2 rings (SSSR count). The van der Waals surface area contributed by atoms with E-state index in [9.17, 15) is 4.79 Å². The largest absolute Gasteiger partial charge is 0.339 e. The molecule has 100 valence electrons. The van der Waals surface area contributed by atoms with E-state index >= 15 is 0 Å². The fourth-order valence-electron chi connectivity index (χ4n) is 2.36. The lowest BCUT2D eigenvalue weighted by Gasteiger charge is -2.24. The number of benzene rings is 1. The zero-order valence-corrected chi connectivity index (χ0v) is 11.6. The van der Waals surface area contributed by atoms with Gasteiger partial charge in [0.1, 0.15) is 0 Å². The molecule has 0 aliphatic carbocycles. The van der Waals surface area contributed by atoms with E-state index in [0.717, 1.165) is 36.9 Å². The topological polar surface area (TPSA) is 44.1 Å². The van der Waals surface area contributed by atoms with Crippen LogP contribution in [0.15, 0.2) is 24.3 Å². The molecule has 0 atom stereocenters. The number of aryl methyl sites for hydroxylation is 1. The average Bonchev–Trinajstić information content (AvgIpc) is 2.57. The van der Waals surface area contributed by atoms with Gasteiger partial charge in [-0.3, -0.25) is 4.79 Å². The fraction of sp³-hybridized carbons (Fsp3) is 0.500. The molecular formula is C16H20N2O. The number of fused-ring (bicyclic) bond motifs is 1. The van der Waals surface area contributed by atoms with Crippen molar-refractivity contribution in [1.29, 1.82) is 5.26 Å². The van der Waals surface area contributed by atoms with Gasteiger partial charge in [0.25, 0.3) is 5.91 Å². The SMILES string of the molecule is CC(C)(C#N)CCN1CCCc2ccccc2C1=O. The molecule has 0 unspecified atom stereocenters. The predicted octanol–water partition coefficient (Wildman–Crippen LogP) is 3.01. The van der Waals surface area contributed by atoms with Crippen LogP contribution in [0, 0.1) is 16.7 Å². The second-order valence-corrected chi connectivity index (χ2v) is 5.80. The number of amides is 1. The molecule has 1 aromatic carbocycles. The highest BCUT2D eigenvalue weighted by Crippen LogP contribution is 2.22. The zero-order valence-electron chi connectivity index (χ0n) is 11.6. The third-order valence-electron chi connectivity index (χ3n) is 3.72. The molecule has 19 heavy (non-hydrogen) atoms. The first-order valence-corrected chi connectivity index (χ1v) is 6.82. The van der Waals surface area contributed by atoms with Gasteiger partial charge in [0.05, 0.1) is 11.5 Å². The van der Waals surface area contributed by atoms with Crippen molar-refractivity contribution < 1.29 is 4.79 Å². The number of rotatable bonds is 3. The van der Waals surface area contributed by atoms with Crippen molar-refractivity contribution in [2.24, 2.45) is 5.41 Å². The predicted molar refractivity (Wildman–Crippen MR) is 74.7 cm³/mol. The molecule has 0 fully saturated rings. The molecule has 0 radical (unpaired) electrons. The lowest BCUT2D eigenvalue weighted by molar-refractivity contribution is 0.0748. The van der Waals surface area contributed by atoms with Crippen LogP contribution >= 0.6 is 0 Å². The van der Waals surface area contributed by atoms with Crippen LogP contribution in [-0.4, -0.2) is 23.9 Å². The van der Waals surface area contributed by atoms with Gasteiger partial charge in [-0.15, -0.1) is 0 Å². The quantitative estimate of drug-likeness (QED) is 0.834. The molecule has 1 aliphatic rings. The smallest absolute Gasteiger partial charge is 0.254 e. The van der Waals surface area contributed by atoms with E-state index in [4.69, 9.17) is 5.26 Å². The molecule has 0 bridgehead atoms.